The topological polar surface area (TPSA) is 60.2 Å². The van der Waals surface area contributed by atoms with Crippen LogP contribution >= 0.6 is 11.8 Å². The Labute approximate surface area is 129 Å². The molecule has 0 aliphatic heterocycles. The van der Waals surface area contributed by atoms with Crippen molar-refractivity contribution in [3.8, 4) is 5.75 Å². The third kappa shape index (κ3) is 4.22. The summed E-state index contributed by atoms with van der Waals surface area (Å²) in [5, 5.41) is 12.0. The van der Waals surface area contributed by atoms with E-state index in [1.165, 1.54) is 5.56 Å². The number of aryl methyl sites for hydroxylation is 2. The number of nitrogens with zero attached hydrogens (tertiary/aromatic N) is 2. The molecule has 2 rings (SSSR count). The number of nitrogens with one attached hydrogen (secondary N) is 1. The van der Waals surface area contributed by atoms with E-state index in [2.05, 4.69) is 41.5 Å². The number of aromatic nitrogens is 2. The standard InChI is InChI=1S/C15H21N3O2S/c1-5-16-13(9-21-15-18-17-11(3)20-15)12-8-10(2)6-7-14(12)19-4/h6-8,13,16H,5,9H2,1-4H3. The van der Waals surface area contributed by atoms with E-state index in [-0.39, 0.29) is 6.04 Å². The van der Waals surface area contributed by atoms with Gasteiger partial charge < -0.3 is 14.5 Å². The van der Waals surface area contributed by atoms with E-state index in [1.807, 2.05) is 6.07 Å². The van der Waals surface area contributed by atoms with Gasteiger partial charge in [0.15, 0.2) is 0 Å². The molecule has 1 atom stereocenters. The monoisotopic (exact) mass is 307 g/mol. The van der Waals surface area contributed by atoms with Crippen LogP contribution in [0.4, 0.5) is 0 Å². The van der Waals surface area contributed by atoms with Crippen LogP contribution in [0.5, 0.6) is 5.75 Å². The van der Waals surface area contributed by atoms with Gasteiger partial charge in [-0.1, -0.05) is 36.4 Å². The predicted molar refractivity (Wildman–Crippen MR) is 83.9 cm³/mol. The summed E-state index contributed by atoms with van der Waals surface area (Å²) >= 11 is 1.55. The summed E-state index contributed by atoms with van der Waals surface area (Å²) in [5.74, 6) is 2.29. The Balaban J connectivity index is 2.16. The van der Waals surface area contributed by atoms with Gasteiger partial charge in [0.1, 0.15) is 5.75 Å². The normalized spacial score (nSPS) is 12.4. The Morgan fingerprint density at radius 1 is 1.33 bits per heavy atom. The van der Waals surface area contributed by atoms with Crippen LogP contribution in [0.1, 0.15) is 30.0 Å². The number of hydrogen-bond acceptors (Lipinski definition) is 6. The summed E-state index contributed by atoms with van der Waals surface area (Å²) < 4.78 is 10.9. The lowest BCUT2D eigenvalue weighted by Crippen LogP contribution is -2.23. The molecule has 1 aromatic heterocycles. The minimum Gasteiger partial charge on any atom is -0.496 e. The maximum Gasteiger partial charge on any atom is 0.276 e. The third-order valence-corrected chi connectivity index (χ3v) is 4.00. The Hall–Kier alpha value is -1.53. The number of benzene rings is 1. The zero-order valence-corrected chi connectivity index (χ0v) is 13.7. The van der Waals surface area contributed by atoms with Crippen LogP contribution in [0.3, 0.4) is 0 Å². The fraction of sp³-hybridized carbons (Fsp3) is 0.467. The van der Waals surface area contributed by atoms with Crippen LogP contribution in [0.2, 0.25) is 0 Å². The van der Waals surface area contributed by atoms with Gasteiger partial charge in [-0.3, -0.25) is 0 Å². The molecule has 0 bridgehead atoms. The van der Waals surface area contributed by atoms with Crippen LogP contribution in [-0.2, 0) is 0 Å². The average molecular weight is 307 g/mol. The SMILES string of the molecule is CCNC(CSc1nnc(C)o1)c1cc(C)ccc1OC. The van der Waals surface area contributed by atoms with E-state index in [9.17, 15) is 0 Å². The highest BCUT2D eigenvalue weighted by atomic mass is 32.2. The predicted octanol–water partition coefficient (Wildman–Crippen LogP) is 3.14. The maximum absolute atomic E-state index is 5.48. The molecule has 0 spiro atoms. The van der Waals surface area contributed by atoms with Crippen molar-refractivity contribution in [1.29, 1.82) is 0 Å². The highest BCUT2D eigenvalue weighted by Crippen LogP contribution is 2.30. The smallest absolute Gasteiger partial charge is 0.276 e. The number of rotatable bonds is 7. The van der Waals surface area contributed by atoms with Gasteiger partial charge in [0, 0.05) is 24.3 Å². The number of methoxy groups -OCH3 is 1. The molecule has 0 amide bonds. The molecule has 1 aromatic carbocycles. The minimum atomic E-state index is 0.169. The largest absolute Gasteiger partial charge is 0.496 e. The van der Waals surface area contributed by atoms with Crippen LogP contribution in [-0.4, -0.2) is 29.6 Å². The third-order valence-electron chi connectivity index (χ3n) is 3.09. The van der Waals surface area contributed by atoms with E-state index >= 15 is 0 Å². The molecule has 114 valence electrons. The van der Waals surface area contributed by atoms with Gasteiger partial charge in [0.25, 0.3) is 5.22 Å². The first kappa shape index (κ1) is 15.9. The quantitative estimate of drug-likeness (QED) is 0.793. The molecule has 0 fully saturated rings. The Morgan fingerprint density at radius 2 is 2.14 bits per heavy atom. The molecule has 1 heterocycles. The van der Waals surface area contributed by atoms with E-state index in [0.29, 0.717) is 11.1 Å². The molecule has 1 N–H and O–H groups in total. The Morgan fingerprint density at radius 3 is 2.76 bits per heavy atom. The van der Waals surface area contributed by atoms with Crippen molar-refractivity contribution >= 4 is 11.8 Å². The lowest BCUT2D eigenvalue weighted by Gasteiger charge is -2.20. The molecule has 21 heavy (non-hydrogen) atoms. The molecule has 6 heteroatoms. The summed E-state index contributed by atoms with van der Waals surface area (Å²) in [6.07, 6.45) is 0. The first-order valence-electron chi connectivity index (χ1n) is 6.94. The molecule has 0 aliphatic carbocycles. The van der Waals surface area contributed by atoms with Crippen molar-refractivity contribution in [2.24, 2.45) is 0 Å². The summed E-state index contributed by atoms with van der Waals surface area (Å²) in [7, 11) is 1.70. The first-order chi connectivity index (χ1) is 10.1. The van der Waals surface area contributed by atoms with Gasteiger partial charge in [-0.15, -0.1) is 10.2 Å². The van der Waals surface area contributed by atoms with Crippen molar-refractivity contribution in [2.75, 3.05) is 19.4 Å². The average Bonchev–Trinajstić information content (AvgIpc) is 2.89. The van der Waals surface area contributed by atoms with Gasteiger partial charge >= 0.3 is 0 Å². The van der Waals surface area contributed by atoms with E-state index in [0.717, 1.165) is 23.6 Å². The lowest BCUT2D eigenvalue weighted by atomic mass is 10.0. The van der Waals surface area contributed by atoms with Crippen molar-refractivity contribution in [2.45, 2.75) is 32.0 Å². The van der Waals surface area contributed by atoms with E-state index in [4.69, 9.17) is 9.15 Å². The lowest BCUT2D eigenvalue weighted by molar-refractivity contribution is 0.402. The molecule has 0 radical (unpaired) electrons. The highest BCUT2D eigenvalue weighted by Gasteiger charge is 2.17. The Bertz CT molecular complexity index is 586. The maximum atomic E-state index is 5.48. The van der Waals surface area contributed by atoms with E-state index < -0.39 is 0 Å². The zero-order chi connectivity index (χ0) is 15.2. The second kappa shape index (κ2) is 7.47. The second-order valence-electron chi connectivity index (χ2n) is 4.75. The molecule has 0 saturated heterocycles. The summed E-state index contributed by atoms with van der Waals surface area (Å²) in [6, 6.07) is 6.39. The minimum absolute atomic E-state index is 0.169. The van der Waals surface area contributed by atoms with Crippen molar-refractivity contribution < 1.29 is 9.15 Å². The van der Waals surface area contributed by atoms with Gasteiger partial charge in [-0.2, -0.15) is 0 Å². The van der Waals surface area contributed by atoms with Gasteiger partial charge in [-0.25, -0.2) is 0 Å². The van der Waals surface area contributed by atoms with E-state index in [1.54, 1.807) is 25.8 Å². The summed E-state index contributed by atoms with van der Waals surface area (Å²) in [5.41, 5.74) is 2.37. The van der Waals surface area contributed by atoms with Crippen LogP contribution in [0, 0.1) is 13.8 Å². The molecule has 0 saturated carbocycles. The fourth-order valence-electron chi connectivity index (χ4n) is 2.12. The van der Waals surface area contributed by atoms with Gasteiger partial charge in [0.2, 0.25) is 5.89 Å². The number of hydrogen-bond donors (Lipinski definition) is 1. The van der Waals surface area contributed by atoms with Crippen LogP contribution < -0.4 is 10.1 Å². The van der Waals surface area contributed by atoms with Crippen molar-refractivity contribution in [3.63, 3.8) is 0 Å². The molecule has 0 aliphatic rings. The first-order valence-corrected chi connectivity index (χ1v) is 7.93. The van der Waals surface area contributed by atoms with Gasteiger partial charge in [-0.05, 0) is 19.5 Å². The van der Waals surface area contributed by atoms with Crippen molar-refractivity contribution in [3.05, 3.63) is 35.2 Å². The molecule has 2 aromatic rings. The second-order valence-corrected chi connectivity index (χ2v) is 5.72. The fourth-order valence-corrected chi connectivity index (χ4v) is 3.01. The molecular formula is C15H21N3O2S. The number of ether oxygens (including phenoxy) is 1. The molecule has 1 unspecified atom stereocenters. The van der Waals surface area contributed by atoms with Crippen LogP contribution in [0.25, 0.3) is 0 Å². The highest BCUT2D eigenvalue weighted by molar-refractivity contribution is 7.99. The Kier molecular flexibility index (Phi) is 5.64. The molecular weight excluding hydrogens is 286 g/mol. The number of thioether (sulfide) groups is 1. The van der Waals surface area contributed by atoms with Gasteiger partial charge in [0.05, 0.1) is 7.11 Å². The van der Waals surface area contributed by atoms with Crippen LogP contribution in [0.15, 0.2) is 27.8 Å². The summed E-state index contributed by atoms with van der Waals surface area (Å²) in [4.78, 5) is 0. The molecule has 5 nitrogen and oxygen atoms in total. The zero-order valence-electron chi connectivity index (χ0n) is 12.8. The summed E-state index contributed by atoms with van der Waals surface area (Å²) in [6.45, 7) is 6.85. The van der Waals surface area contributed by atoms with Crippen molar-refractivity contribution in [1.82, 2.24) is 15.5 Å².